The van der Waals surface area contributed by atoms with Crippen molar-refractivity contribution in [1.29, 1.82) is 0 Å². The number of benzene rings is 1. The lowest BCUT2D eigenvalue weighted by Gasteiger charge is -2.18. The van der Waals surface area contributed by atoms with Crippen molar-refractivity contribution in [2.24, 2.45) is 0 Å². The van der Waals surface area contributed by atoms with Crippen LogP contribution in [-0.4, -0.2) is 19.1 Å². The van der Waals surface area contributed by atoms with E-state index in [2.05, 4.69) is 66.7 Å². The third kappa shape index (κ3) is 3.26. The molecule has 19 heavy (non-hydrogen) atoms. The van der Waals surface area contributed by atoms with Gasteiger partial charge in [0.2, 0.25) is 0 Å². The van der Waals surface area contributed by atoms with Gasteiger partial charge in [0.1, 0.15) is 0 Å². The summed E-state index contributed by atoms with van der Waals surface area (Å²) in [7, 11) is 4.12. The number of nitrogens with one attached hydrogen (secondary N) is 1. The Morgan fingerprint density at radius 2 is 2.00 bits per heavy atom. The fourth-order valence-electron chi connectivity index (χ4n) is 1.97. The molecule has 0 fully saturated rings. The summed E-state index contributed by atoms with van der Waals surface area (Å²) in [5.41, 5.74) is 4.76. The number of aromatic nitrogens is 1. The minimum absolute atomic E-state index is 0.230. The monoisotopic (exact) mass is 275 g/mol. The van der Waals surface area contributed by atoms with Gasteiger partial charge >= 0.3 is 0 Å². The highest BCUT2D eigenvalue weighted by Gasteiger charge is 2.10. The molecule has 1 atom stereocenters. The van der Waals surface area contributed by atoms with Crippen molar-refractivity contribution in [2.75, 3.05) is 24.3 Å². The highest BCUT2D eigenvalue weighted by atomic mass is 32.1. The summed E-state index contributed by atoms with van der Waals surface area (Å²) >= 11 is 1.70. The predicted molar refractivity (Wildman–Crippen MR) is 84.4 cm³/mol. The Hall–Kier alpha value is -1.55. The van der Waals surface area contributed by atoms with Crippen LogP contribution in [0.3, 0.4) is 0 Å². The lowest BCUT2D eigenvalue weighted by Crippen LogP contribution is -2.11. The molecule has 4 heteroatoms. The first-order valence-electron chi connectivity index (χ1n) is 6.44. The van der Waals surface area contributed by atoms with Gasteiger partial charge in [-0.05, 0) is 44.5 Å². The first kappa shape index (κ1) is 13.9. The number of hydrogen-bond donors (Lipinski definition) is 1. The van der Waals surface area contributed by atoms with Crippen LogP contribution in [-0.2, 0) is 0 Å². The van der Waals surface area contributed by atoms with E-state index in [1.54, 1.807) is 11.3 Å². The fourth-order valence-corrected chi connectivity index (χ4v) is 2.68. The van der Waals surface area contributed by atoms with Gasteiger partial charge in [0.25, 0.3) is 0 Å². The zero-order valence-electron chi connectivity index (χ0n) is 12.2. The summed E-state index contributed by atoms with van der Waals surface area (Å²) in [4.78, 5) is 6.65. The van der Waals surface area contributed by atoms with Gasteiger partial charge in [-0.25, -0.2) is 4.98 Å². The van der Waals surface area contributed by atoms with Gasteiger partial charge in [0.05, 0.1) is 16.7 Å². The van der Waals surface area contributed by atoms with Crippen LogP contribution >= 0.6 is 11.3 Å². The molecule has 0 spiro atoms. The first-order chi connectivity index (χ1) is 8.97. The zero-order chi connectivity index (χ0) is 14.0. The van der Waals surface area contributed by atoms with Crippen molar-refractivity contribution < 1.29 is 0 Å². The molecule has 1 heterocycles. The maximum Gasteiger partial charge on any atom is 0.0898 e. The van der Waals surface area contributed by atoms with Gasteiger partial charge in [0.15, 0.2) is 0 Å². The Morgan fingerprint density at radius 1 is 1.26 bits per heavy atom. The molecule has 2 rings (SSSR count). The molecule has 0 saturated heterocycles. The molecule has 0 bridgehead atoms. The first-order valence-corrected chi connectivity index (χ1v) is 7.32. The van der Waals surface area contributed by atoms with Crippen molar-refractivity contribution in [3.8, 4) is 0 Å². The highest BCUT2D eigenvalue weighted by molar-refractivity contribution is 7.09. The molecular weight excluding hydrogens is 254 g/mol. The maximum absolute atomic E-state index is 4.53. The third-order valence-electron chi connectivity index (χ3n) is 3.18. The van der Waals surface area contributed by atoms with Crippen molar-refractivity contribution >= 4 is 22.7 Å². The van der Waals surface area contributed by atoms with Crippen LogP contribution in [0.4, 0.5) is 11.4 Å². The molecule has 2 aromatic rings. The standard InChI is InChI=1S/C15H21N3S/c1-10-8-13(18(4)5)6-7-14(10)16-11(2)15-9-19-12(3)17-15/h6-9,11,16H,1-5H3. The van der Waals surface area contributed by atoms with Gasteiger partial charge < -0.3 is 10.2 Å². The topological polar surface area (TPSA) is 28.2 Å². The lowest BCUT2D eigenvalue weighted by molar-refractivity contribution is 0.844. The number of hydrogen-bond acceptors (Lipinski definition) is 4. The molecular formula is C15H21N3S. The van der Waals surface area contributed by atoms with Crippen LogP contribution in [0.1, 0.15) is 29.2 Å². The largest absolute Gasteiger partial charge is 0.378 e. The SMILES string of the molecule is Cc1nc(C(C)Nc2ccc(N(C)C)cc2C)cs1. The van der Waals surface area contributed by atoms with Gasteiger partial charge in [-0.1, -0.05) is 0 Å². The summed E-state index contributed by atoms with van der Waals surface area (Å²) in [6.45, 7) is 6.32. The second-order valence-corrected chi connectivity index (χ2v) is 6.11. The molecule has 0 aliphatic rings. The second kappa shape index (κ2) is 5.61. The van der Waals surface area contributed by atoms with Crippen LogP contribution in [0, 0.1) is 13.8 Å². The van der Waals surface area contributed by atoms with Crippen molar-refractivity contribution in [1.82, 2.24) is 4.98 Å². The summed E-state index contributed by atoms with van der Waals surface area (Å²) in [5, 5.41) is 6.77. The molecule has 0 aliphatic carbocycles. The van der Waals surface area contributed by atoms with Gasteiger partial charge in [-0.2, -0.15) is 0 Å². The minimum atomic E-state index is 0.230. The van der Waals surface area contributed by atoms with Crippen LogP contribution in [0.25, 0.3) is 0 Å². The average Bonchev–Trinajstić information content (AvgIpc) is 2.78. The molecule has 0 saturated carbocycles. The van der Waals surface area contributed by atoms with E-state index in [0.717, 1.165) is 10.7 Å². The normalized spacial score (nSPS) is 12.3. The van der Waals surface area contributed by atoms with E-state index in [-0.39, 0.29) is 6.04 Å². The minimum Gasteiger partial charge on any atom is -0.378 e. The van der Waals surface area contributed by atoms with E-state index < -0.39 is 0 Å². The average molecular weight is 275 g/mol. The van der Waals surface area contributed by atoms with E-state index in [9.17, 15) is 0 Å². The Kier molecular flexibility index (Phi) is 4.10. The van der Waals surface area contributed by atoms with E-state index in [1.165, 1.54) is 16.9 Å². The molecule has 1 aromatic heterocycles. The number of anilines is 2. The summed E-state index contributed by atoms with van der Waals surface area (Å²) in [6.07, 6.45) is 0. The van der Waals surface area contributed by atoms with E-state index in [1.807, 2.05) is 6.92 Å². The maximum atomic E-state index is 4.53. The van der Waals surface area contributed by atoms with E-state index in [4.69, 9.17) is 0 Å². The van der Waals surface area contributed by atoms with Gasteiger partial charge in [-0.15, -0.1) is 11.3 Å². The molecule has 0 aliphatic heterocycles. The van der Waals surface area contributed by atoms with Gasteiger partial charge in [0, 0.05) is 30.9 Å². The Balaban J connectivity index is 2.15. The van der Waals surface area contributed by atoms with Gasteiger partial charge in [-0.3, -0.25) is 0 Å². The third-order valence-corrected chi connectivity index (χ3v) is 3.97. The van der Waals surface area contributed by atoms with Crippen LogP contribution in [0.5, 0.6) is 0 Å². The molecule has 1 unspecified atom stereocenters. The number of rotatable bonds is 4. The van der Waals surface area contributed by atoms with Crippen LogP contribution < -0.4 is 10.2 Å². The molecule has 1 N–H and O–H groups in total. The Bertz CT molecular complexity index is 560. The molecule has 1 aromatic carbocycles. The number of nitrogens with zero attached hydrogens (tertiary/aromatic N) is 2. The summed E-state index contributed by atoms with van der Waals surface area (Å²) in [6, 6.07) is 6.70. The quantitative estimate of drug-likeness (QED) is 0.914. The van der Waals surface area contributed by atoms with E-state index in [0.29, 0.717) is 0 Å². The van der Waals surface area contributed by atoms with Crippen LogP contribution in [0.15, 0.2) is 23.6 Å². The fraction of sp³-hybridized carbons (Fsp3) is 0.400. The summed E-state index contributed by atoms with van der Waals surface area (Å²) in [5.74, 6) is 0. The second-order valence-electron chi connectivity index (χ2n) is 5.05. The molecule has 0 amide bonds. The van der Waals surface area contributed by atoms with Crippen molar-refractivity contribution in [3.05, 3.63) is 39.8 Å². The number of aryl methyl sites for hydroxylation is 2. The van der Waals surface area contributed by atoms with Crippen molar-refractivity contribution in [3.63, 3.8) is 0 Å². The Morgan fingerprint density at radius 3 is 2.53 bits per heavy atom. The van der Waals surface area contributed by atoms with Crippen molar-refractivity contribution in [2.45, 2.75) is 26.8 Å². The van der Waals surface area contributed by atoms with Crippen LogP contribution in [0.2, 0.25) is 0 Å². The smallest absolute Gasteiger partial charge is 0.0898 e. The Labute approximate surface area is 119 Å². The highest BCUT2D eigenvalue weighted by Crippen LogP contribution is 2.26. The predicted octanol–water partition coefficient (Wildman–Crippen LogP) is 4.00. The lowest BCUT2D eigenvalue weighted by atomic mass is 10.1. The zero-order valence-corrected chi connectivity index (χ0v) is 13.0. The molecule has 102 valence electrons. The molecule has 3 nitrogen and oxygen atoms in total. The molecule has 0 radical (unpaired) electrons. The summed E-state index contributed by atoms with van der Waals surface area (Å²) < 4.78 is 0. The number of thiazole rings is 1. The van der Waals surface area contributed by atoms with E-state index >= 15 is 0 Å².